The summed E-state index contributed by atoms with van der Waals surface area (Å²) in [6.07, 6.45) is -4.94. The SMILES string of the molecule is Fc1cc(F)cc(F)c1.Fc1cc(F)cc(OC(F)(F)F)c1. The van der Waals surface area contributed by atoms with Crippen molar-refractivity contribution >= 4 is 0 Å². The molecule has 22 heavy (non-hydrogen) atoms. The molecule has 0 spiro atoms. The molecule has 0 aliphatic carbocycles. The summed E-state index contributed by atoms with van der Waals surface area (Å²) >= 11 is 0. The second-order valence-electron chi connectivity index (χ2n) is 3.74. The van der Waals surface area contributed by atoms with Gasteiger partial charge in [-0.1, -0.05) is 0 Å². The quantitative estimate of drug-likeness (QED) is 0.671. The molecule has 9 heteroatoms. The molecule has 0 N–H and O–H groups in total. The Morgan fingerprint density at radius 2 is 0.818 bits per heavy atom. The van der Waals surface area contributed by atoms with Crippen LogP contribution in [-0.4, -0.2) is 6.36 Å². The van der Waals surface area contributed by atoms with Crippen LogP contribution in [0, 0.1) is 29.1 Å². The number of alkyl halides is 3. The van der Waals surface area contributed by atoms with Crippen molar-refractivity contribution in [2.75, 3.05) is 0 Å². The minimum absolute atomic E-state index is 0.441. The van der Waals surface area contributed by atoms with E-state index in [2.05, 4.69) is 4.74 Å². The van der Waals surface area contributed by atoms with Gasteiger partial charge in [0.1, 0.15) is 34.8 Å². The Kier molecular flexibility index (Phi) is 5.72. The van der Waals surface area contributed by atoms with Gasteiger partial charge >= 0.3 is 6.36 Å². The Labute approximate surface area is 118 Å². The van der Waals surface area contributed by atoms with E-state index in [1.54, 1.807) is 0 Å². The Balaban J connectivity index is 0.000000235. The van der Waals surface area contributed by atoms with Crippen LogP contribution in [0.5, 0.6) is 5.75 Å². The molecule has 0 fully saturated rings. The molecule has 0 atom stereocenters. The summed E-state index contributed by atoms with van der Waals surface area (Å²) in [6.45, 7) is 0. The number of halogens is 8. The lowest BCUT2D eigenvalue weighted by atomic mass is 10.3. The number of ether oxygens (including phenoxy) is 1. The topological polar surface area (TPSA) is 9.23 Å². The summed E-state index contributed by atoms with van der Waals surface area (Å²) in [7, 11) is 0. The second-order valence-corrected chi connectivity index (χ2v) is 3.74. The van der Waals surface area contributed by atoms with Crippen LogP contribution in [0.1, 0.15) is 0 Å². The maximum atomic E-state index is 12.3. The third-order valence-corrected chi connectivity index (χ3v) is 1.90. The molecule has 1 nitrogen and oxygen atoms in total. The molecule has 0 heterocycles. The molecule has 0 aliphatic heterocycles. The van der Waals surface area contributed by atoms with Crippen LogP contribution in [0.15, 0.2) is 36.4 Å². The molecule has 0 aliphatic rings. The molecule has 0 aromatic heterocycles. The van der Waals surface area contributed by atoms with E-state index >= 15 is 0 Å². The summed E-state index contributed by atoms with van der Waals surface area (Å²) in [6, 6.07) is 3.17. The minimum Gasteiger partial charge on any atom is -0.406 e. The molecular formula is C13H6F8O. The average Bonchev–Trinajstić information content (AvgIpc) is 2.22. The van der Waals surface area contributed by atoms with Crippen LogP contribution in [0.2, 0.25) is 0 Å². The van der Waals surface area contributed by atoms with E-state index in [-0.39, 0.29) is 0 Å². The van der Waals surface area contributed by atoms with Crippen molar-refractivity contribution in [3.05, 3.63) is 65.5 Å². The zero-order valence-corrected chi connectivity index (χ0v) is 10.4. The molecule has 120 valence electrons. The van der Waals surface area contributed by atoms with E-state index in [0.717, 1.165) is 0 Å². The lowest BCUT2D eigenvalue weighted by molar-refractivity contribution is -0.274. The zero-order valence-electron chi connectivity index (χ0n) is 10.4. The fourth-order valence-electron chi connectivity index (χ4n) is 1.24. The minimum atomic E-state index is -4.94. The standard InChI is InChI=1S/C7H3F5O.C6H3F3/c8-4-1-5(9)3-6(2-4)13-7(10,11)12;7-4-1-5(8)3-6(9)2-4/h1-3H;1-3H. The highest BCUT2D eigenvalue weighted by atomic mass is 19.4. The van der Waals surface area contributed by atoms with E-state index in [1.807, 2.05) is 0 Å². The van der Waals surface area contributed by atoms with Gasteiger partial charge in [0.15, 0.2) is 0 Å². The zero-order chi connectivity index (χ0) is 16.9. The normalized spacial score (nSPS) is 10.7. The molecule has 0 saturated carbocycles. The highest BCUT2D eigenvalue weighted by Crippen LogP contribution is 2.23. The summed E-state index contributed by atoms with van der Waals surface area (Å²) < 4.78 is 98.4. The van der Waals surface area contributed by atoms with Gasteiger partial charge in [-0.15, -0.1) is 13.2 Å². The Bertz CT molecular complexity index is 568. The third kappa shape index (κ3) is 6.91. The molecule has 0 amide bonds. The van der Waals surface area contributed by atoms with Crippen molar-refractivity contribution in [1.82, 2.24) is 0 Å². The molecule has 0 unspecified atom stereocenters. The fourth-order valence-corrected chi connectivity index (χ4v) is 1.24. The second kappa shape index (κ2) is 7.10. The largest absolute Gasteiger partial charge is 0.573 e. The van der Waals surface area contributed by atoms with Crippen molar-refractivity contribution in [1.29, 1.82) is 0 Å². The van der Waals surface area contributed by atoms with E-state index in [9.17, 15) is 35.1 Å². The van der Waals surface area contributed by atoms with Gasteiger partial charge in [0.25, 0.3) is 0 Å². The Morgan fingerprint density at radius 3 is 1.09 bits per heavy atom. The first kappa shape index (κ1) is 17.7. The average molecular weight is 330 g/mol. The van der Waals surface area contributed by atoms with E-state index < -0.39 is 41.2 Å². The number of hydrogen-bond acceptors (Lipinski definition) is 1. The van der Waals surface area contributed by atoms with Crippen LogP contribution in [0.3, 0.4) is 0 Å². The van der Waals surface area contributed by atoms with E-state index in [1.165, 1.54) is 0 Å². The molecule has 0 saturated heterocycles. The van der Waals surface area contributed by atoms with Gasteiger partial charge < -0.3 is 4.74 Å². The van der Waals surface area contributed by atoms with Crippen molar-refractivity contribution in [2.24, 2.45) is 0 Å². The van der Waals surface area contributed by atoms with Crippen molar-refractivity contribution < 1.29 is 39.9 Å². The maximum Gasteiger partial charge on any atom is 0.573 e. The molecule has 0 radical (unpaired) electrons. The van der Waals surface area contributed by atoms with Crippen molar-refractivity contribution in [3.63, 3.8) is 0 Å². The van der Waals surface area contributed by atoms with Gasteiger partial charge in [0.05, 0.1) is 0 Å². The highest BCUT2D eigenvalue weighted by Gasteiger charge is 2.31. The molecule has 0 bridgehead atoms. The monoisotopic (exact) mass is 330 g/mol. The van der Waals surface area contributed by atoms with Crippen LogP contribution < -0.4 is 4.74 Å². The van der Waals surface area contributed by atoms with Crippen molar-refractivity contribution in [2.45, 2.75) is 6.36 Å². The molecular weight excluding hydrogens is 324 g/mol. The first-order chi connectivity index (χ1) is 10.0. The van der Waals surface area contributed by atoms with Gasteiger partial charge in [-0.25, -0.2) is 22.0 Å². The van der Waals surface area contributed by atoms with Crippen molar-refractivity contribution in [3.8, 4) is 5.75 Å². The van der Waals surface area contributed by atoms with E-state index in [0.29, 0.717) is 36.4 Å². The van der Waals surface area contributed by atoms with Gasteiger partial charge in [-0.2, -0.15) is 0 Å². The van der Waals surface area contributed by atoms with Crippen LogP contribution in [0.25, 0.3) is 0 Å². The fraction of sp³-hybridized carbons (Fsp3) is 0.0769. The smallest absolute Gasteiger partial charge is 0.406 e. The summed E-state index contributed by atoms with van der Waals surface area (Å²) in [5, 5.41) is 0. The van der Waals surface area contributed by atoms with Crippen LogP contribution in [0.4, 0.5) is 35.1 Å². The maximum absolute atomic E-state index is 12.3. The molecule has 2 aromatic carbocycles. The molecule has 2 aromatic rings. The Hall–Kier alpha value is -2.32. The van der Waals surface area contributed by atoms with Gasteiger partial charge in [0.2, 0.25) is 0 Å². The number of hydrogen-bond donors (Lipinski definition) is 0. The summed E-state index contributed by atoms with van der Waals surface area (Å²) in [4.78, 5) is 0. The number of rotatable bonds is 1. The van der Waals surface area contributed by atoms with Crippen LogP contribution in [-0.2, 0) is 0 Å². The number of benzene rings is 2. The third-order valence-electron chi connectivity index (χ3n) is 1.90. The first-order valence-electron chi connectivity index (χ1n) is 5.38. The first-order valence-corrected chi connectivity index (χ1v) is 5.38. The van der Waals surface area contributed by atoms with Gasteiger partial charge in [-0.05, 0) is 0 Å². The van der Waals surface area contributed by atoms with Gasteiger partial charge in [-0.3, -0.25) is 0 Å². The lowest BCUT2D eigenvalue weighted by Crippen LogP contribution is -2.17. The predicted molar refractivity (Wildman–Crippen MR) is 59.4 cm³/mol. The van der Waals surface area contributed by atoms with Crippen LogP contribution >= 0.6 is 0 Å². The highest BCUT2D eigenvalue weighted by molar-refractivity contribution is 5.23. The predicted octanol–water partition coefficient (Wildman–Crippen LogP) is 4.97. The summed E-state index contributed by atoms with van der Waals surface area (Å²) in [5.74, 6) is -5.85. The van der Waals surface area contributed by atoms with Gasteiger partial charge in [0, 0.05) is 36.4 Å². The van der Waals surface area contributed by atoms with E-state index in [4.69, 9.17) is 0 Å². The molecule has 2 rings (SSSR count). The Morgan fingerprint density at radius 1 is 0.545 bits per heavy atom. The lowest BCUT2D eigenvalue weighted by Gasteiger charge is -2.08. The summed E-state index contributed by atoms with van der Waals surface area (Å²) in [5.41, 5.74) is 0.